The summed E-state index contributed by atoms with van der Waals surface area (Å²) in [6.45, 7) is 2.54. The number of hydrogen-bond acceptors (Lipinski definition) is 5. The van der Waals surface area contributed by atoms with Gasteiger partial charge < -0.3 is 19.3 Å². The van der Waals surface area contributed by atoms with Crippen LogP contribution in [0.2, 0.25) is 0 Å². The molecule has 0 unspecified atom stereocenters. The molecule has 0 radical (unpaired) electrons. The molecule has 0 aliphatic carbocycles. The predicted octanol–water partition coefficient (Wildman–Crippen LogP) is 9.79. The number of methoxy groups -OCH3 is 2. The molecule has 0 heterocycles. The Morgan fingerprint density at radius 1 is 0.628 bits per heavy atom. The normalized spacial score (nSPS) is 11.0. The fourth-order valence-electron chi connectivity index (χ4n) is 5.63. The molecule has 43 heavy (non-hydrogen) atoms. The summed E-state index contributed by atoms with van der Waals surface area (Å²) in [4.78, 5) is 24.0. The maximum atomic E-state index is 13.4. The Hall–Kier alpha value is -3.02. The lowest BCUT2D eigenvalue weighted by atomic mass is 9.93. The monoisotopic (exact) mass is 596 g/mol. The Morgan fingerprint density at radius 3 is 1.65 bits per heavy atom. The first-order valence-corrected chi connectivity index (χ1v) is 16.7. The Balaban J connectivity index is 1.68. The number of ether oxygens (including phenoxy) is 3. The number of carbonyl (C=O) groups is 2. The lowest BCUT2D eigenvalue weighted by Crippen LogP contribution is -2.09. The van der Waals surface area contributed by atoms with Crippen molar-refractivity contribution in [3.05, 3.63) is 53.1 Å². The second kappa shape index (κ2) is 22.5. The highest BCUT2D eigenvalue weighted by Gasteiger charge is 2.19. The van der Waals surface area contributed by atoms with Gasteiger partial charge in [-0.25, -0.2) is 0 Å². The van der Waals surface area contributed by atoms with Gasteiger partial charge in [-0.05, 0) is 61.9 Å². The quantitative estimate of drug-likeness (QED) is 0.0860. The summed E-state index contributed by atoms with van der Waals surface area (Å²) in [5.41, 5.74) is 2.85. The van der Waals surface area contributed by atoms with Gasteiger partial charge in [-0.15, -0.1) is 0 Å². The van der Waals surface area contributed by atoms with Gasteiger partial charge in [-0.3, -0.25) is 9.59 Å². The highest BCUT2D eigenvalue weighted by Crippen LogP contribution is 2.32. The van der Waals surface area contributed by atoms with Crippen molar-refractivity contribution in [2.75, 3.05) is 20.8 Å². The van der Waals surface area contributed by atoms with E-state index in [9.17, 15) is 9.59 Å². The zero-order valence-corrected chi connectivity index (χ0v) is 27.1. The topological polar surface area (TPSA) is 82.1 Å². The summed E-state index contributed by atoms with van der Waals surface area (Å²) in [6, 6.07) is 11.8. The molecule has 2 rings (SSSR count). The second-order valence-electron chi connectivity index (χ2n) is 11.6. The van der Waals surface area contributed by atoms with Crippen LogP contribution in [0.3, 0.4) is 0 Å². The number of Topliss-reactive ketones (excluding diaryl/α,β-unsaturated/α-hetero) is 1. The van der Waals surface area contributed by atoms with Crippen molar-refractivity contribution in [3.8, 4) is 17.2 Å². The van der Waals surface area contributed by atoms with Crippen molar-refractivity contribution in [2.24, 2.45) is 0 Å². The van der Waals surface area contributed by atoms with Crippen molar-refractivity contribution in [2.45, 2.75) is 129 Å². The molecule has 6 heteroatoms. The number of aryl methyl sites for hydroxylation is 2. The summed E-state index contributed by atoms with van der Waals surface area (Å²) in [5.74, 6) is 1.62. The van der Waals surface area contributed by atoms with Gasteiger partial charge in [0.2, 0.25) is 0 Å². The molecule has 0 spiro atoms. The third kappa shape index (κ3) is 15.3. The first-order chi connectivity index (χ1) is 21.0. The average Bonchev–Trinajstić information content (AvgIpc) is 3.01. The largest absolute Gasteiger partial charge is 0.497 e. The van der Waals surface area contributed by atoms with E-state index in [1.54, 1.807) is 14.2 Å². The highest BCUT2D eigenvalue weighted by atomic mass is 16.5. The number of rotatable bonds is 26. The van der Waals surface area contributed by atoms with Gasteiger partial charge in [0, 0.05) is 18.9 Å². The maximum Gasteiger partial charge on any atom is 0.303 e. The zero-order valence-electron chi connectivity index (χ0n) is 27.1. The number of benzene rings is 2. The smallest absolute Gasteiger partial charge is 0.303 e. The van der Waals surface area contributed by atoms with E-state index in [0.717, 1.165) is 54.7 Å². The van der Waals surface area contributed by atoms with Crippen LogP contribution < -0.4 is 14.2 Å². The summed E-state index contributed by atoms with van der Waals surface area (Å²) in [6.07, 6.45) is 20.4. The SMILES string of the molecule is CCOc1cc(CCCCCCCCCCCCCCCCCC(=O)O)c(C(=O)CCc2ccc(OC)cc2)c(OC)c1. The van der Waals surface area contributed by atoms with Crippen LogP contribution >= 0.6 is 0 Å². The molecular formula is C37H56O6. The van der Waals surface area contributed by atoms with Crippen molar-refractivity contribution >= 4 is 11.8 Å². The Kier molecular flexibility index (Phi) is 18.9. The van der Waals surface area contributed by atoms with Gasteiger partial charge in [0.1, 0.15) is 17.2 Å². The van der Waals surface area contributed by atoms with Gasteiger partial charge in [-0.1, -0.05) is 95.6 Å². The minimum atomic E-state index is -0.677. The number of ketones is 1. The number of aliphatic carboxylic acids is 1. The third-order valence-corrected chi connectivity index (χ3v) is 8.10. The molecule has 0 bridgehead atoms. The first-order valence-electron chi connectivity index (χ1n) is 16.7. The highest BCUT2D eigenvalue weighted by molar-refractivity contribution is 6.00. The molecule has 0 atom stereocenters. The number of unbranched alkanes of at least 4 members (excludes halogenated alkanes) is 14. The molecule has 0 amide bonds. The number of hydrogen-bond donors (Lipinski definition) is 1. The standard InChI is InChI=1S/C37H56O6/c1-4-43-33-28-31(37(35(29-33)42-3)34(38)27-24-30-22-25-32(41-2)26-23-30)20-18-16-14-12-10-8-6-5-7-9-11-13-15-17-19-21-36(39)40/h22-23,25-26,28-29H,4-21,24,27H2,1-3H3,(H,39,40). The van der Waals surface area contributed by atoms with Crippen molar-refractivity contribution in [1.29, 1.82) is 0 Å². The fraction of sp³-hybridized carbons (Fsp3) is 0.622. The minimum absolute atomic E-state index is 0.112. The number of carboxylic acid groups (broad SMARTS) is 1. The minimum Gasteiger partial charge on any atom is -0.497 e. The Morgan fingerprint density at radius 2 is 1.16 bits per heavy atom. The lowest BCUT2D eigenvalue weighted by Gasteiger charge is -2.16. The summed E-state index contributed by atoms with van der Waals surface area (Å²) >= 11 is 0. The van der Waals surface area contributed by atoms with Gasteiger partial charge in [0.25, 0.3) is 0 Å². The van der Waals surface area contributed by atoms with Gasteiger partial charge >= 0.3 is 5.97 Å². The molecule has 2 aromatic rings. The van der Waals surface area contributed by atoms with Crippen LogP contribution in [0, 0.1) is 0 Å². The number of carboxylic acids is 1. The summed E-state index contributed by atoms with van der Waals surface area (Å²) in [5, 5.41) is 8.67. The van der Waals surface area contributed by atoms with Crippen molar-refractivity contribution in [3.63, 3.8) is 0 Å². The predicted molar refractivity (Wildman–Crippen MR) is 175 cm³/mol. The molecule has 6 nitrogen and oxygen atoms in total. The van der Waals surface area contributed by atoms with Crippen LogP contribution in [0.1, 0.15) is 138 Å². The van der Waals surface area contributed by atoms with E-state index in [1.807, 2.05) is 43.3 Å². The molecule has 0 saturated carbocycles. The van der Waals surface area contributed by atoms with E-state index in [4.69, 9.17) is 19.3 Å². The Labute approximate surface area is 260 Å². The summed E-state index contributed by atoms with van der Waals surface area (Å²) in [7, 11) is 3.28. The molecule has 2 aromatic carbocycles. The van der Waals surface area contributed by atoms with E-state index in [0.29, 0.717) is 37.2 Å². The molecule has 1 N–H and O–H groups in total. The zero-order chi connectivity index (χ0) is 31.1. The van der Waals surface area contributed by atoms with E-state index < -0.39 is 5.97 Å². The van der Waals surface area contributed by atoms with Gasteiger partial charge in [-0.2, -0.15) is 0 Å². The van der Waals surface area contributed by atoms with E-state index in [1.165, 1.54) is 70.6 Å². The van der Waals surface area contributed by atoms with E-state index >= 15 is 0 Å². The molecule has 240 valence electrons. The van der Waals surface area contributed by atoms with Crippen LogP contribution in [-0.4, -0.2) is 37.7 Å². The van der Waals surface area contributed by atoms with Gasteiger partial charge in [0.05, 0.1) is 26.4 Å². The van der Waals surface area contributed by atoms with Crippen LogP contribution in [-0.2, 0) is 17.6 Å². The molecular weight excluding hydrogens is 540 g/mol. The second-order valence-corrected chi connectivity index (χ2v) is 11.6. The molecule has 0 aromatic heterocycles. The molecule has 0 aliphatic rings. The van der Waals surface area contributed by atoms with Gasteiger partial charge in [0.15, 0.2) is 5.78 Å². The first kappa shape index (κ1) is 36.2. The fourth-order valence-corrected chi connectivity index (χ4v) is 5.63. The van der Waals surface area contributed by atoms with Crippen molar-refractivity contribution in [1.82, 2.24) is 0 Å². The molecule has 0 fully saturated rings. The van der Waals surface area contributed by atoms with Crippen molar-refractivity contribution < 1.29 is 28.9 Å². The molecule has 0 saturated heterocycles. The van der Waals surface area contributed by atoms with E-state index in [-0.39, 0.29) is 5.78 Å². The summed E-state index contributed by atoms with van der Waals surface area (Å²) < 4.78 is 16.7. The van der Waals surface area contributed by atoms with Crippen LogP contribution in [0.25, 0.3) is 0 Å². The third-order valence-electron chi connectivity index (χ3n) is 8.10. The van der Waals surface area contributed by atoms with E-state index in [2.05, 4.69) is 0 Å². The molecule has 0 aliphatic heterocycles. The van der Waals surface area contributed by atoms with Crippen LogP contribution in [0.15, 0.2) is 36.4 Å². The van der Waals surface area contributed by atoms with Crippen LogP contribution in [0.5, 0.6) is 17.2 Å². The maximum absolute atomic E-state index is 13.4. The Bertz CT molecular complexity index is 1050. The van der Waals surface area contributed by atoms with Crippen LogP contribution in [0.4, 0.5) is 0 Å². The average molecular weight is 597 g/mol. The lowest BCUT2D eigenvalue weighted by molar-refractivity contribution is -0.137. The number of carbonyl (C=O) groups excluding carboxylic acids is 1.